The van der Waals surface area contributed by atoms with Gasteiger partial charge in [0.15, 0.2) is 6.23 Å². The highest BCUT2D eigenvalue weighted by molar-refractivity contribution is 6.30. The molecule has 2 rings (SSSR count). The second-order valence-corrected chi connectivity index (χ2v) is 3.11. The fourth-order valence-corrected chi connectivity index (χ4v) is 1.33. The van der Waals surface area contributed by atoms with Crippen LogP contribution in [0, 0.1) is 0 Å². The van der Waals surface area contributed by atoms with Crippen LogP contribution in [0.4, 0.5) is 5.69 Å². The second kappa shape index (κ2) is 2.84. The molecule has 1 aliphatic rings. The molecule has 1 aromatic rings. The van der Waals surface area contributed by atoms with Crippen LogP contribution in [0.2, 0.25) is 5.02 Å². The molecule has 64 valence electrons. The zero-order valence-electron chi connectivity index (χ0n) is 6.38. The van der Waals surface area contributed by atoms with E-state index in [0.717, 1.165) is 11.4 Å². The second-order valence-electron chi connectivity index (χ2n) is 2.68. The number of rotatable bonds is 0. The fraction of sp³-hybridized carbons (Fsp3) is 0.250. The van der Waals surface area contributed by atoms with Crippen molar-refractivity contribution in [3.8, 4) is 5.75 Å². The van der Waals surface area contributed by atoms with Crippen molar-refractivity contribution in [1.29, 1.82) is 0 Å². The average molecular weight is 185 g/mol. The maximum atomic E-state index is 5.79. The third-order valence-electron chi connectivity index (χ3n) is 1.71. The lowest BCUT2D eigenvalue weighted by atomic mass is 10.2. The van der Waals surface area contributed by atoms with E-state index in [4.69, 9.17) is 22.1 Å². The van der Waals surface area contributed by atoms with Gasteiger partial charge >= 0.3 is 0 Å². The molecule has 3 N–H and O–H groups in total. The van der Waals surface area contributed by atoms with E-state index in [1.165, 1.54) is 0 Å². The van der Waals surface area contributed by atoms with E-state index in [-0.39, 0.29) is 6.23 Å². The lowest BCUT2D eigenvalue weighted by Gasteiger charge is -2.24. The Morgan fingerprint density at radius 2 is 2.42 bits per heavy atom. The first-order valence-corrected chi connectivity index (χ1v) is 4.09. The minimum Gasteiger partial charge on any atom is -0.472 e. The van der Waals surface area contributed by atoms with E-state index in [2.05, 4.69) is 5.32 Å². The molecular weight excluding hydrogens is 176 g/mol. The van der Waals surface area contributed by atoms with Gasteiger partial charge < -0.3 is 10.1 Å². The van der Waals surface area contributed by atoms with Gasteiger partial charge in [0, 0.05) is 5.02 Å². The quantitative estimate of drug-likeness (QED) is 0.641. The predicted molar refractivity (Wildman–Crippen MR) is 48.5 cm³/mol. The maximum absolute atomic E-state index is 5.79. The summed E-state index contributed by atoms with van der Waals surface area (Å²) in [6.07, 6.45) is -0.265. The number of ether oxygens (including phenoxy) is 1. The van der Waals surface area contributed by atoms with Crippen LogP contribution in [-0.4, -0.2) is 12.8 Å². The zero-order chi connectivity index (χ0) is 8.55. The number of hydrogen-bond acceptors (Lipinski definition) is 3. The molecule has 3 nitrogen and oxygen atoms in total. The highest BCUT2D eigenvalue weighted by Gasteiger charge is 2.14. The summed E-state index contributed by atoms with van der Waals surface area (Å²) in [5.74, 6) is 0.762. The number of anilines is 1. The molecule has 1 unspecified atom stereocenters. The summed E-state index contributed by atoms with van der Waals surface area (Å²) in [7, 11) is 0. The predicted octanol–water partition coefficient (Wildman–Crippen LogP) is 1.43. The third-order valence-corrected chi connectivity index (χ3v) is 1.95. The Kier molecular flexibility index (Phi) is 1.83. The maximum Gasteiger partial charge on any atom is 0.165 e. The van der Waals surface area contributed by atoms with E-state index < -0.39 is 0 Å². The number of fused-ring (bicyclic) bond motifs is 1. The van der Waals surface area contributed by atoms with Crippen LogP contribution >= 0.6 is 11.6 Å². The minimum atomic E-state index is -0.265. The van der Waals surface area contributed by atoms with E-state index in [1.54, 1.807) is 6.07 Å². The molecule has 0 saturated carbocycles. The molecule has 0 fully saturated rings. The Labute approximate surface area is 75.5 Å². The van der Waals surface area contributed by atoms with Crippen molar-refractivity contribution in [3.05, 3.63) is 23.2 Å². The number of nitrogens with one attached hydrogen (secondary N) is 1. The molecule has 0 saturated heterocycles. The van der Waals surface area contributed by atoms with Crippen molar-refractivity contribution >= 4 is 17.3 Å². The summed E-state index contributed by atoms with van der Waals surface area (Å²) >= 11 is 5.79. The fourth-order valence-electron chi connectivity index (χ4n) is 1.16. The molecule has 1 aromatic carbocycles. The Hall–Kier alpha value is -0.930. The number of halogens is 1. The van der Waals surface area contributed by atoms with Crippen LogP contribution in [0.3, 0.4) is 0 Å². The van der Waals surface area contributed by atoms with E-state index in [9.17, 15) is 0 Å². The Morgan fingerprint density at radius 3 is 3.25 bits per heavy atom. The molecule has 0 amide bonds. The van der Waals surface area contributed by atoms with Gasteiger partial charge in [0.1, 0.15) is 5.75 Å². The molecule has 1 aliphatic heterocycles. The minimum absolute atomic E-state index is 0.265. The van der Waals surface area contributed by atoms with Crippen molar-refractivity contribution < 1.29 is 4.74 Å². The molecule has 0 aliphatic carbocycles. The highest BCUT2D eigenvalue weighted by atomic mass is 35.5. The van der Waals surface area contributed by atoms with Crippen molar-refractivity contribution in [1.82, 2.24) is 0 Å². The van der Waals surface area contributed by atoms with Crippen molar-refractivity contribution in [3.63, 3.8) is 0 Å². The Morgan fingerprint density at radius 1 is 1.58 bits per heavy atom. The first-order chi connectivity index (χ1) is 5.75. The van der Waals surface area contributed by atoms with Crippen LogP contribution in [0.1, 0.15) is 0 Å². The summed E-state index contributed by atoms with van der Waals surface area (Å²) in [5, 5.41) is 3.81. The van der Waals surface area contributed by atoms with Crippen LogP contribution in [0.25, 0.3) is 0 Å². The summed E-state index contributed by atoms with van der Waals surface area (Å²) in [6, 6.07) is 5.41. The number of benzene rings is 1. The molecule has 0 bridgehead atoms. The van der Waals surface area contributed by atoms with Crippen LogP contribution in [0.15, 0.2) is 18.2 Å². The standard InChI is InChI=1S/C8H9ClN2O/c9-5-1-2-7-6(3-5)11-4-8(10)12-7/h1-3,8,11H,4,10H2. The van der Waals surface area contributed by atoms with Gasteiger partial charge in [-0.1, -0.05) is 11.6 Å². The van der Waals surface area contributed by atoms with Crippen molar-refractivity contribution in [2.45, 2.75) is 6.23 Å². The van der Waals surface area contributed by atoms with Crippen LogP contribution < -0.4 is 15.8 Å². The molecular formula is C8H9ClN2O. The van der Waals surface area contributed by atoms with E-state index in [0.29, 0.717) is 11.6 Å². The van der Waals surface area contributed by atoms with Gasteiger partial charge in [-0.25, -0.2) is 0 Å². The van der Waals surface area contributed by atoms with E-state index >= 15 is 0 Å². The SMILES string of the molecule is NC1CNc2cc(Cl)ccc2O1. The first kappa shape index (κ1) is 7.71. The summed E-state index contributed by atoms with van der Waals surface area (Å²) < 4.78 is 5.34. The summed E-state index contributed by atoms with van der Waals surface area (Å²) in [6.45, 7) is 0.618. The number of nitrogens with two attached hydrogens (primary N) is 1. The van der Waals surface area contributed by atoms with Crippen molar-refractivity contribution in [2.24, 2.45) is 5.73 Å². The smallest absolute Gasteiger partial charge is 0.165 e. The molecule has 1 heterocycles. The summed E-state index contributed by atoms with van der Waals surface area (Å²) in [5.41, 5.74) is 6.48. The van der Waals surface area contributed by atoms with Gasteiger partial charge in [-0.3, -0.25) is 5.73 Å². The Balaban J connectivity index is 2.37. The zero-order valence-corrected chi connectivity index (χ0v) is 7.14. The first-order valence-electron chi connectivity index (χ1n) is 3.71. The molecule has 4 heteroatoms. The number of hydrogen-bond donors (Lipinski definition) is 2. The normalized spacial score (nSPS) is 20.7. The van der Waals surface area contributed by atoms with Gasteiger partial charge in [0.25, 0.3) is 0 Å². The van der Waals surface area contributed by atoms with Gasteiger partial charge in [0.05, 0.1) is 12.2 Å². The van der Waals surface area contributed by atoms with Gasteiger partial charge in [0.2, 0.25) is 0 Å². The lowest BCUT2D eigenvalue weighted by molar-refractivity contribution is 0.214. The summed E-state index contributed by atoms with van der Waals surface area (Å²) in [4.78, 5) is 0. The van der Waals surface area contributed by atoms with Crippen LogP contribution in [-0.2, 0) is 0 Å². The monoisotopic (exact) mass is 184 g/mol. The van der Waals surface area contributed by atoms with Crippen LogP contribution in [0.5, 0.6) is 5.75 Å². The molecule has 0 spiro atoms. The Bertz CT molecular complexity index is 303. The van der Waals surface area contributed by atoms with Gasteiger partial charge in [-0.15, -0.1) is 0 Å². The average Bonchev–Trinajstić information content (AvgIpc) is 2.05. The van der Waals surface area contributed by atoms with E-state index in [1.807, 2.05) is 12.1 Å². The molecule has 0 aromatic heterocycles. The highest BCUT2D eigenvalue weighted by Crippen LogP contribution is 2.30. The van der Waals surface area contributed by atoms with Gasteiger partial charge in [-0.2, -0.15) is 0 Å². The topological polar surface area (TPSA) is 47.3 Å². The van der Waals surface area contributed by atoms with Gasteiger partial charge in [-0.05, 0) is 18.2 Å². The largest absolute Gasteiger partial charge is 0.472 e. The lowest BCUT2D eigenvalue weighted by Crippen LogP contribution is -2.38. The van der Waals surface area contributed by atoms with Crippen molar-refractivity contribution in [2.75, 3.05) is 11.9 Å². The third kappa shape index (κ3) is 1.33. The molecule has 0 radical (unpaired) electrons. The molecule has 1 atom stereocenters. The molecule has 12 heavy (non-hydrogen) atoms.